The first kappa shape index (κ1) is 13.0. The minimum Gasteiger partial charge on any atom is -0.455 e. The molecule has 0 bridgehead atoms. The van der Waals surface area contributed by atoms with Gasteiger partial charge >= 0.3 is 0 Å². The Bertz CT molecular complexity index is 636. The van der Waals surface area contributed by atoms with Crippen LogP contribution in [-0.4, -0.2) is 5.91 Å². The summed E-state index contributed by atoms with van der Waals surface area (Å²) in [6.45, 7) is 4.03. The first-order valence-electron chi connectivity index (χ1n) is 5.92. The number of hydrogen-bond acceptors (Lipinski definition) is 3. The lowest BCUT2D eigenvalue weighted by Crippen LogP contribution is -2.11. The standard InChI is InChI=1S/C15H16N2O2/c1-9-3-5-12(7-10(9)2)19-14-8-11(15(17)18)4-6-13(14)16/h3-8H,16H2,1-2H3,(H2,17,18). The fourth-order valence-corrected chi connectivity index (χ4v) is 1.68. The van der Waals surface area contributed by atoms with Gasteiger partial charge in [-0.05, 0) is 55.3 Å². The second kappa shape index (κ2) is 5.02. The van der Waals surface area contributed by atoms with Crippen LogP contribution in [0, 0.1) is 13.8 Å². The zero-order valence-corrected chi connectivity index (χ0v) is 10.9. The van der Waals surface area contributed by atoms with Gasteiger partial charge in [0.15, 0.2) is 5.75 Å². The van der Waals surface area contributed by atoms with Crippen LogP contribution in [0.3, 0.4) is 0 Å². The Hall–Kier alpha value is -2.49. The van der Waals surface area contributed by atoms with Crippen molar-refractivity contribution in [1.82, 2.24) is 0 Å². The van der Waals surface area contributed by atoms with E-state index < -0.39 is 5.91 Å². The molecular formula is C15H16N2O2. The summed E-state index contributed by atoms with van der Waals surface area (Å²) in [5.41, 5.74) is 14.2. The van der Waals surface area contributed by atoms with Gasteiger partial charge in [0, 0.05) is 5.56 Å². The van der Waals surface area contributed by atoms with Crippen molar-refractivity contribution in [3.05, 3.63) is 53.1 Å². The first-order chi connectivity index (χ1) is 8.97. The quantitative estimate of drug-likeness (QED) is 0.829. The number of nitrogen functional groups attached to an aromatic ring is 1. The lowest BCUT2D eigenvalue weighted by Gasteiger charge is -2.11. The topological polar surface area (TPSA) is 78.3 Å². The summed E-state index contributed by atoms with van der Waals surface area (Å²) < 4.78 is 5.70. The maximum Gasteiger partial charge on any atom is 0.248 e. The second-order valence-corrected chi connectivity index (χ2v) is 4.46. The van der Waals surface area contributed by atoms with E-state index >= 15 is 0 Å². The summed E-state index contributed by atoms with van der Waals surface area (Å²) in [5, 5.41) is 0. The summed E-state index contributed by atoms with van der Waals surface area (Å²) in [4.78, 5) is 11.1. The van der Waals surface area contributed by atoms with Gasteiger partial charge in [0.05, 0.1) is 5.69 Å². The molecule has 0 unspecified atom stereocenters. The molecule has 0 heterocycles. The average Bonchev–Trinajstić information content (AvgIpc) is 2.36. The molecule has 0 saturated heterocycles. The summed E-state index contributed by atoms with van der Waals surface area (Å²) >= 11 is 0. The Morgan fingerprint density at radius 3 is 2.42 bits per heavy atom. The van der Waals surface area contributed by atoms with Crippen molar-refractivity contribution in [2.75, 3.05) is 5.73 Å². The molecule has 0 atom stereocenters. The maximum atomic E-state index is 11.1. The molecule has 4 N–H and O–H groups in total. The number of nitrogens with two attached hydrogens (primary N) is 2. The zero-order chi connectivity index (χ0) is 14.0. The molecule has 19 heavy (non-hydrogen) atoms. The molecule has 0 aliphatic carbocycles. The molecule has 1 amide bonds. The van der Waals surface area contributed by atoms with Gasteiger partial charge in [-0.25, -0.2) is 0 Å². The molecule has 4 heteroatoms. The third-order valence-corrected chi connectivity index (χ3v) is 3.00. The van der Waals surface area contributed by atoms with Crippen LogP contribution in [0.15, 0.2) is 36.4 Å². The minimum atomic E-state index is -0.509. The van der Waals surface area contributed by atoms with Gasteiger partial charge in [-0.3, -0.25) is 4.79 Å². The first-order valence-corrected chi connectivity index (χ1v) is 5.92. The maximum absolute atomic E-state index is 11.1. The Balaban J connectivity index is 2.34. The highest BCUT2D eigenvalue weighted by molar-refractivity contribution is 5.93. The number of anilines is 1. The number of hydrogen-bond donors (Lipinski definition) is 2. The van der Waals surface area contributed by atoms with Crippen molar-refractivity contribution in [2.45, 2.75) is 13.8 Å². The van der Waals surface area contributed by atoms with Gasteiger partial charge in [0.25, 0.3) is 0 Å². The molecule has 0 aromatic heterocycles. The SMILES string of the molecule is Cc1ccc(Oc2cc(C(N)=O)ccc2N)cc1C. The largest absolute Gasteiger partial charge is 0.455 e. The van der Waals surface area contributed by atoms with Gasteiger partial charge in [-0.15, -0.1) is 0 Å². The monoisotopic (exact) mass is 256 g/mol. The normalized spacial score (nSPS) is 10.2. The van der Waals surface area contributed by atoms with Crippen LogP contribution in [0.5, 0.6) is 11.5 Å². The molecule has 0 aliphatic heterocycles. The number of benzene rings is 2. The number of ether oxygens (including phenoxy) is 1. The van der Waals surface area contributed by atoms with Gasteiger partial charge in [0.1, 0.15) is 5.75 Å². The smallest absolute Gasteiger partial charge is 0.248 e. The Morgan fingerprint density at radius 2 is 1.79 bits per heavy atom. The van der Waals surface area contributed by atoms with Crippen LogP contribution in [-0.2, 0) is 0 Å². The third kappa shape index (κ3) is 2.85. The molecule has 2 aromatic rings. The van der Waals surface area contributed by atoms with Gasteiger partial charge in [-0.1, -0.05) is 6.07 Å². The van der Waals surface area contributed by atoms with E-state index in [1.165, 1.54) is 5.56 Å². The van der Waals surface area contributed by atoms with E-state index in [0.29, 0.717) is 22.7 Å². The highest BCUT2D eigenvalue weighted by Crippen LogP contribution is 2.29. The fraction of sp³-hybridized carbons (Fsp3) is 0.133. The molecule has 4 nitrogen and oxygen atoms in total. The van der Waals surface area contributed by atoms with E-state index in [2.05, 4.69) is 0 Å². The molecule has 2 rings (SSSR count). The van der Waals surface area contributed by atoms with Crippen LogP contribution in [0.4, 0.5) is 5.69 Å². The number of carbonyl (C=O) groups excluding carboxylic acids is 1. The predicted octanol–water partition coefficient (Wildman–Crippen LogP) is 2.78. The third-order valence-electron chi connectivity index (χ3n) is 3.00. The van der Waals surface area contributed by atoms with E-state index in [9.17, 15) is 4.79 Å². The van der Waals surface area contributed by atoms with Crippen LogP contribution in [0.1, 0.15) is 21.5 Å². The van der Waals surface area contributed by atoms with Gasteiger partial charge in [0.2, 0.25) is 5.91 Å². The van der Waals surface area contributed by atoms with Gasteiger partial charge < -0.3 is 16.2 Å². The fourth-order valence-electron chi connectivity index (χ4n) is 1.68. The minimum absolute atomic E-state index is 0.369. The van der Waals surface area contributed by atoms with Gasteiger partial charge in [-0.2, -0.15) is 0 Å². The molecule has 98 valence electrons. The molecule has 2 aromatic carbocycles. The zero-order valence-electron chi connectivity index (χ0n) is 10.9. The molecule has 0 saturated carbocycles. The van der Waals surface area contributed by atoms with Crippen molar-refractivity contribution in [3.8, 4) is 11.5 Å². The molecule has 0 fully saturated rings. The molecular weight excluding hydrogens is 240 g/mol. The molecule has 0 aliphatic rings. The summed E-state index contributed by atoms with van der Waals surface area (Å²) in [6.07, 6.45) is 0. The van der Waals surface area contributed by atoms with Crippen LogP contribution in [0.2, 0.25) is 0 Å². The number of carbonyl (C=O) groups is 1. The van der Waals surface area contributed by atoms with E-state index in [-0.39, 0.29) is 0 Å². The van der Waals surface area contributed by atoms with Crippen LogP contribution >= 0.6 is 0 Å². The van der Waals surface area contributed by atoms with E-state index in [4.69, 9.17) is 16.2 Å². The van der Waals surface area contributed by atoms with E-state index in [1.54, 1.807) is 18.2 Å². The van der Waals surface area contributed by atoms with Crippen molar-refractivity contribution in [3.63, 3.8) is 0 Å². The number of rotatable bonds is 3. The number of amides is 1. The molecule has 0 spiro atoms. The lowest BCUT2D eigenvalue weighted by atomic mass is 10.1. The van der Waals surface area contributed by atoms with Crippen molar-refractivity contribution < 1.29 is 9.53 Å². The van der Waals surface area contributed by atoms with Crippen molar-refractivity contribution in [1.29, 1.82) is 0 Å². The second-order valence-electron chi connectivity index (χ2n) is 4.46. The van der Waals surface area contributed by atoms with Crippen LogP contribution < -0.4 is 16.2 Å². The summed E-state index contributed by atoms with van der Waals surface area (Å²) in [5.74, 6) is 0.598. The Morgan fingerprint density at radius 1 is 1.05 bits per heavy atom. The van der Waals surface area contributed by atoms with Crippen molar-refractivity contribution in [2.24, 2.45) is 5.73 Å². The number of aryl methyl sites for hydroxylation is 2. The predicted molar refractivity (Wildman–Crippen MR) is 75.4 cm³/mol. The van der Waals surface area contributed by atoms with Crippen molar-refractivity contribution >= 4 is 11.6 Å². The summed E-state index contributed by atoms with van der Waals surface area (Å²) in [7, 11) is 0. The highest BCUT2D eigenvalue weighted by atomic mass is 16.5. The molecule has 0 radical (unpaired) electrons. The van der Waals surface area contributed by atoms with Crippen LogP contribution in [0.25, 0.3) is 0 Å². The highest BCUT2D eigenvalue weighted by Gasteiger charge is 2.07. The lowest BCUT2D eigenvalue weighted by molar-refractivity contribution is 0.1000. The average molecular weight is 256 g/mol. The summed E-state index contributed by atoms with van der Waals surface area (Å²) in [6, 6.07) is 10.5. The number of primary amides is 1. The van der Waals surface area contributed by atoms with E-state index in [1.807, 2.05) is 32.0 Å². The van der Waals surface area contributed by atoms with E-state index in [0.717, 1.165) is 5.56 Å². The Kier molecular flexibility index (Phi) is 3.42. The Labute approximate surface area is 112 Å².